The van der Waals surface area contributed by atoms with Gasteiger partial charge in [0.15, 0.2) is 0 Å². The van der Waals surface area contributed by atoms with Gasteiger partial charge in [0.2, 0.25) is 11.9 Å². The Hall–Kier alpha value is -2.42. The normalized spacial score (nSPS) is 10.1. The number of ether oxygens (including phenoxy) is 1. The Morgan fingerprint density at radius 3 is 3.05 bits per heavy atom. The number of carbonyl (C=O) groups is 2. The summed E-state index contributed by atoms with van der Waals surface area (Å²) in [6.45, 7) is 2.08. The second-order valence-corrected chi connectivity index (χ2v) is 4.56. The van der Waals surface area contributed by atoms with E-state index in [2.05, 4.69) is 25.8 Å². The van der Waals surface area contributed by atoms with Crippen molar-refractivity contribution in [3.8, 4) is 6.01 Å². The van der Waals surface area contributed by atoms with Crippen LogP contribution in [0.2, 0.25) is 0 Å². The van der Waals surface area contributed by atoms with E-state index in [0.29, 0.717) is 11.5 Å². The van der Waals surface area contributed by atoms with Gasteiger partial charge in [-0.2, -0.15) is 4.98 Å². The van der Waals surface area contributed by atoms with Crippen LogP contribution in [0.5, 0.6) is 6.01 Å². The lowest BCUT2D eigenvalue weighted by atomic mass is 10.4. The van der Waals surface area contributed by atoms with Gasteiger partial charge in [-0.25, -0.2) is 5.10 Å². The molecule has 0 unspecified atom stereocenters. The molecule has 0 aliphatic rings. The van der Waals surface area contributed by atoms with E-state index in [0.717, 1.165) is 0 Å². The van der Waals surface area contributed by atoms with Crippen LogP contribution in [0.4, 0.5) is 5.95 Å². The van der Waals surface area contributed by atoms with Crippen molar-refractivity contribution in [2.45, 2.75) is 6.92 Å². The number of carbonyl (C=O) groups excluding carboxylic acids is 2. The van der Waals surface area contributed by atoms with Crippen LogP contribution in [-0.4, -0.2) is 40.1 Å². The molecule has 20 heavy (non-hydrogen) atoms. The van der Waals surface area contributed by atoms with Gasteiger partial charge in [-0.05, 0) is 18.4 Å². The minimum atomic E-state index is -0.408. The molecule has 0 aliphatic carbocycles. The molecular formula is C11H13N5O3S. The van der Waals surface area contributed by atoms with Gasteiger partial charge in [-0.3, -0.25) is 14.9 Å². The van der Waals surface area contributed by atoms with Gasteiger partial charge in [0, 0.05) is 0 Å². The van der Waals surface area contributed by atoms with Crippen molar-refractivity contribution in [3.63, 3.8) is 0 Å². The van der Waals surface area contributed by atoms with E-state index < -0.39 is 5.91 Å². The fourth-order valence-electron chi connectivity index (χ4n) is 1.33. The second-order valence-electron chi connectivity index (χ2n) is 3.61. The zero-order valence-electron chi connectivity index (χ0n) is 10.7. The van der Waals surface area contributed by atoms with Gasteiger partial charge in [0.25, 0.3) is 5.91 Å². The molecule has 106 valence electrons. The molecule has 2 amide bonds. The number of nitrogens with one attached hydrogen (secondary N) is 3. The third-order valence-electron chi connectivity index (χ3n) is 2.15. The molecule has 9 heteroatoms. The summed E-state index contributed by atoms with van der Waals surface area (Å²) < 4.78 is 5.04. The number of hydrogen-bond donors (Lipinski definition) is 3. The summed E-state index contributed by atoms with van der Waals surface area (Å²) in [4.78, 5) is 27.7. The van der Waals surface area contributed by atoms with Crippen LogP contribution < -0.4 is 15.4 Å². The third-order valence-corrected chi connectivity index (χ3v) is 3.02. The van der Waals surface area contributed by atoms with Crippen molar-refractivity contribution in [2.75, 3.05) is 18.5 Å². The van der Waals surface area contributed by atoms with Crippen molar-refractivity contribution in [1.82, 2.24) is 20.5 Å². The predicted molar refractivity (Wildman–Crippen MR) is 72.8 cm³/mol. The monoisotopic (exact) mass is 295 g/mol. The van der Waals surface area contributed by atoms with E-state index in [1.54, 1.807) is 24.4 Å². The molecule has 2 aromatic heterocycles. The number of rotatable bonds is 6. The van der Waals surface area contributed by atoms with Crippen molar-refractivity contribution in [1.29, 1.82) is 0 Å². The molecule has 0 bridgehead atoms. The van der Waals surface area contributed by atoms with Crippen LogP contribution in [0.25, 0.3) is 0 Å². The first-order valence-corrected chi connectivity index (χ1v) is 6.73. The standard InChI is InChI=1S/C11H13N5O3S/c1-2-19-11-14-10(15-16-11)13-8(17)6-12-9(18)7-4-3-5-20-7/h3-5H,2,6H2,1H3,(H,12,18)(H2,13,14,15,16,17). The van der Waals surface area contributed by atoms with Crippen LogP contribution in [0.1, 0.15) is 16.6 Å². The first kappa shape index (κ1) is 14.0. The molecule has 2 aromatic rings. The summed E-state index contributed by atoms with van der Waals surface area (Å²) >= 11 is 1.31. The molecule has 3 N–H and O–H groups in total. The topological polar surface area (TPSA) is 109 Å². The first-order chi connectivity index (χ1) is 9.69. The molecular weight excluding hydrogens is 282 g/mol. The molecule has 2 rings (SSSR count). The fourth-order valence-corrected chi connectivity index (χ4v) is 1.97. The predicted octanol–water partition coefficient (Wildman–Crippen LogP) is 0.633. The molecule has 0 aromatic carbocycles. The van der Waals surface area contributed by atoms with Gasteiger partial charge in [-0.15, -0.1) is 16.4 Å². The number of aromatic nitrogens is 3. The van der Waals surface area contributed by atoms with E-state index in [9.17, 15) is 9.59 Å². The molecule has 0 saturated heterocycles. The quantitative estimate of drug-likeness (QED) is 0.724. The van der Waals surface area contributed by atoms with E-state index in [-0.39, 0.29) is 24.4 Å². The molecule has 0 saturated carbocycles. The molecule has 0 atom stereocenters. The average Bonchev–Trinajstić information content (AvgIpc) is 3.08. The van der Waals surface area contributed by atoms with Gasteiger partial charge >= 0.3 is 6.01 Å². The molecule has 0 spiro atoms. The largest absolute Gasteiger partial charge is 0.463 e. The lowest BCUT2D eigenvalue weighted by molar-refractivity contribution is -0.115. The Morgan fingerprint density at radius 1 is 1.50 bits per heavy atom. The van der Waals surface area contributed by atoms with Gasteiger partial charge < -0.3 is 10.1 Å². The summed E-state index contributed by atoms with van der Waals surface area (Å²) in [6, 6.07) is 3.61. The van der Waals surface area contributed by atoms with Crippen LogP contribution in [-0.2, 0) is 4.79 Å². The Kier molecular flexibility index (Phi) is 4.66. The zero-order chi connectivity index (χ0) is 14.4. The minimum Gasteiger partial charge on any atom is -0.463 e. The molecule has 0 aliphatic heterocycles. The number of amides is 2. The maximum Gasteiger partial charge on any atom is 0.337 e. The van der Waals surface area contributed by atoms with Crippen molar-refractivity contribution >= 4 is 29.1 Å². The summed E-state index contributed by atoms with van der Waals surface area (Å²) in [7, 11) is 0. The third kappa shape index (κ3) is 3.79. The SMILES string of the molecule is CCOc1n[nH]c(NC(=O)CNC(=O)c2cccs2)n1. The van der Waals surface area contributed by atoms with Crippen LogP contribution in [0.3, 0.4) is 0 Å². The summed E-state index contributed by atoms with van der Waals surface area (Å²) in [5.74, 6) is -0.527. The van der Waals surface area contributed by atoms with Gasteiger partial charge in [0.1, 0.15) is 0 Å². The number of aromatic amines is 1. The number of H-pyrrole nitrogens is 1. The second kappa shape index (κ2) is 6.66. The highest BCUT2D eigenvalue weighted by molar-refractivity contribution is 7.12. The first-order valence-electron chi connectivity index (χ1n) is 5.85. The maximum absolute atomic E-state index is 11.6. The molecule has 8 nitrogen and oxygen atoms in total. The lowest BCUT2D eigenvalue weighted by Crippen LogP contribution is -2.32. The summed E-state index contributed by atoms with van der Waals surface area (Å²) in [5.41, 5.74) is 0. The Morgan fingerprint density at radius 2 is 2.35 bits per heavy atom. The van der Waals surface area contributed by atoms with Crippen molar-refractivity contribution in [2.24, 2.45) is 0 Å². The Labute approximate surface area is 118 Å². The number of nitrogens with zero attached hydrogens (tertiary/aromatic N) is 2. The molecule has 0 radical (unpaired) electrons. The smallest absolute Gasteiger partial charge is 0.337 e. The fraction of sp³-hybridized carbons (Fsp3) is 0.273. The Bertz CT molecular complexity index is 581. The zero-order valence-corrected chi connectivity index (χ0v) is 11.5. The number of anilines is 1. The van der Waals surface area contributed by atoms with E-state index in [1.165, 1.54) is 11.3 Å². The molecule has 2 heterocycles. The van der Waals surface area contributed by atoms with Crippen LogP contribution >= 0.6 is 11.3 Å². The van der Waals surface area contributed by atoms with E-state index in [4.69, 9.17) is 4.74 Å². The highest BCUT2D eigenvalue weighted by Crippen LogP contribution is 2.07. The Balaban J connectivity index is 1.78. The summed E-state index contributed by atoms with van der Waals surface area (Å²) in [6.07, 6.45) is 0. The van der Waals surface area contributed by atoms with Crippen molar-refractivity contribution in [3.05, 3.63) is 22.4 Å². The minimum absolute atomic E-state index is 0.151. The molecule has 0 fully saturated rings. The maximum atomic E-state index is 11.6. The average molecular weight is 295 g/mol. The van der Waals surface area contributed by atoms with Gasteiger partial charge in [-0.1, -0.05) is 6.07 Å². The summed E-state index contributed by atoms with van der Waals surface area (Å²) in [5, 5.41) is 13.0. The lowest BCUT2D eigenvalue weighted by Gasteiger charge is -2.03. The van der Waals surface area contributed by atoms with E-state index >= 15 is 0 Å². The number of hydrogen-bond acceptors (Lipinski definition) is 6. The van der Waals surface area contributed by atoms with Crippen LogP contribution in [0.15, 0.2) is 17.5 Å². The highest BCUT2D eigenvalue weighted by Gasteiger charge is 2.10. The van der Waals surface area contributed by atoms with Gasteiger partial charge in [0.05, 0.1) is 18.0 Å². The number of thiophene rings is 1. The van der Waals surface area contributed by atoms with Crippen LogP contribution in [0, 0.1) is 0 Å². The highest BCUT2D eigenvalue weighted by atomic mass is 32.1. The van der Waals surface area contributed by atoms with Crippen molar-refractivity contribution < 1.29 is 14.3 Å². The van der Waals surface area contributed by atoms with E-state index in [1.807, 2.05) is 0 Å².